The molecule has 5 rings (SSSR count). The highest BCUT2D eigenvalue weighted by Crippen LogP contribution is 2.58. The molecule has 0 bridgehead atoms. The monoisotopic (exact) mass is 658 g/mol. The van der Waals surface area contributed by atoms with Gasteiger partial charge in [0.15, 0.2) is 0 Å². The number of hydrogen-bond donors (Lipinski definition) is 0. The summed E-state index contributed by atoms with van der Waals surface area (Å²) in [4.78, 5) is 0. The Bertz CT molecular complexity index is 1510. The van der Waals surface area contributed by atoms with Crippen molar-refractivity contribution in [2.24, 2.45) is 0 Å². The third-order valence-corrected chi connectivity index (χ3v) is 15.5. The van der Waals surface area contributed by atoms with Crippen molar-refractivity contribution in [3.63, 3.8) is 0 Å². The zero-order chi connectivity index (χ0) is 32.8. The standard InChI is InChI=1S/C45H56P2/c1-5-9-22-36-26-13-17-30-40(36)46(41-31-18-14-27-37(41)23-10-6-2)44-34-21-35-45(44)47(42-32-19-15-28-38(42)24-11-7-3)43-33-20-16-29-39(43)25-12-8-4/h13-21,26-35,44H,5-12,22-25H2,1-4H3. The molecule has 1 aliphatic rings. The second-order valence-electron chi connectivity index (χ2n) is 13.1. The summed E-state index contributed by atoms with van der Waals surface area (Å²) in [6.45, 7) is 9.30. The molecule has 4 aromatic carbocycles. The van der Waals surface area contributed by atoms with Crippen LogP contribution in [0, 0.1) is 0 Å². The summed E-state index contributed by atoms with van der Waals surface area (Å²) in [7, 11) is -1.36. The molecule has 246 valence electrons. The Morgan fingerprint density at radius 3 is 1.17 bits per heavy atom. The highest BCUT2D eigenvalue weighted by atomic mass is 31.1. The molecule has 0 fully saturated rings. The van der Waals surface area contributed by atoms with Crippen LogP contribution in [-0.2, 0) is 25.7 Å². The number of unbranched alkanes of at least 4 members (excludes halogenated alkanes) is 4. The minimum Gasteiger partial charge on any atom is -0.0721 e. The molecule has 0 heterocycles. The molecular weight excluding hydrogens is 602 g/mol. The smallest absolute Gasteiger partial charge is 0.0315 e. The summed E-state index contributed by atoms with van der Waals surface area (Å²) in [5, 5.41) is 7.99. The van der Waals surface area contributed by atoms with Crippen LogP contribution in [-0.4, -0.2) is 5.66 Å². The summed E-state index contributed by atoms with van der Waals surface area (Å²) in [5.41, 5.74) is 6.59. The third kappa shape index (κ3) is 8.83. The highest BCUT2D eigenvalue weighted by molar-refractivity contribution is 7.80. The maximum absolute atomic E-state index is 2.59. The summed E-state index contributed by atoms with van der Waals surface area (Å²) in [5.74, 6) is 0. The largest absolute Gasteiger partial charge is 0.0721 e. The number of allylic oxidation sites excluding steroid dienone is 4. The first-order valence-electron chi connectivity index (χ1n) is 18.5. The van der Waals surface area contributed by atoms with Crippen molar-refractivity contribution in [2.75, 3.05) is 0 Å². The molecule has 0 amide bonds. The molecule has 0 aromatic heterocycles. The number of rotatable bonds is 18. The normalized spacial score (nSPS) is 14.3. The SMILES string of the molecule is CCCCc1ccccc1P(C1=CC=CC1P(c1ccccc1CCCC)c1ccccc1CCCC)c1ccccc1CCCC. The van der Waals surface area contributed by atoms with E-state index in [1.807, 2.05) is 0 Å². The average molecular weight is 659 g/mol. The van der Waals surface area contributed by atoms with Crippen molar-refractivity contribution in [1.29, 1.82) is 0 Å². The van der Waals surface area contributed by atoms with Gasteiger partial charge in [0.05, 0.1) is 0 Å². The maximum Gasteiger partial charge on any atom is 0.0315 e. The fraction of sp³-hybridized carbons (Fsp3) is 0.378. The first-order valence-corrected chi connectivity index (χ1v) is 21.3. The predicted octanol–water partition coefficient (Wildman–Crippen LogP) is 11.4. The van der Waals surface area contributed by atoms with E-state index in [0.29, 0.717) is 5.66 Å². The van der Waals surface area contributed by atoms with Crippen molar-refractivity contribution in [2.45, 2.75) is 110 Å². The van der Waals surface area contributed by atoms with Gasteiger partial charge in [0, 0.05) is 5.66 Å². The van der Waals surface area contributed by atoms with Gasteiger partial charge in [0.1, 0.15) is 0 Å². The summed E-state index contributed by atoms with van der Waals surface area (Å²) in [6, 6.07) is 37.9. The van der Waals surface area contributed by atoms with E-state index in [4.69, 9.17) is 0 Å². The topological polar surface area (TPSA) is 0 Å². The van der Waals surface area contributed by atoms with E-state index in [9.17, 15) is 0 Å². The van der Waals surface area contributed by atoms with Gasteiger partial charge in [0.2, 0.25) is 0 Å². The second-order valence-corrected chi connectivity index (χ2v) is 17.5. The van der Waals surface area contributed by atoms with Gasteiger partial charge < -0.3 is 0 Å². The van der Waals surface area contributed by atoms with Crippen molar-refractivity contribution in [3.8, 4) is 0 Å². The Balaban J connectivity index is 1.72. The minimum atomic E-state index is -0.706. The summed E-state index contributed by atoms with van der Waals surface area (Å²) >= 11 is 0. The Hall–Kier alpha value is -2.78. The van der Waals surface area contributed by atoms with Crippen LogP contribution in [0.25, 0.3) is 0 Å². The Morgan fingerprint density at radius 2 is 0.787 bits per heavy atom. The lowest BCUT2D eigenvalue weighted by Crippen LogP contribution is -2.28. The van der Waals surface area contributed by atoms with Crippen LogP contribution in [0.3, 0.4) is 0 Å². The molecule has 0 radical (unpaired) electrons. The quantitative estimate of drug-likeness (QED) is 0.0934. The molecule has 0 spiro atoms. The van der Waals surface area contributed by atoms with E-state index in [1.54, 1.807) is 48.8 Å². The molecule has 1 unspecified atom stereocenters. The zero-order valence-corrected chi connectivity index (χ0v) is 31.2. The van der Waals surface area contributed by atoms with Gasteiger partial charge in [-0.05, 0) is 116 Å². The first kappa shape index (κ1) is 35.5. The molecule has 2 heteroatoms. The van der Waals surface area contributed by atoms with Crippen LogP contribution in [0.5, 0.6) is 0 Å². The van der Waals surface area contributed by atoms with Crippen molar-refractivity contribution >= 4 is 37.1 Å². The Morgan fingerprint density at radius 1 is 0.447 bits per heavy atom. The molecule has 4 aromatic rings. The lowest BCUT2D eigenvalue weighted by Gasteiger charge is -2.35. The molecule has 1 aliphatic carbocycles. The highest BCUT2D eigenvalue weighted by Gasteiger charge is 2.36. The van der Waals surface area contributed by atoms with E-state index in [0.717, 1.165) is 25.7 Å². The summed E-state index contributed by atoms with van der Waals surface area (Å²) < 4.78 is 0. The van der Waals surface area contributed by atoms with Gasteiger partial charge in [-0.3, -0.25) is 0 Å². The number of aryl methyl sites for hydroxylation is 4. The molecule has 1 atom stereocenters. The molecule has 0 aliphatic heterocycles. The van der Waals surface area contributed by atoms with Crippen molar-refractivity contribution in [3.05, 3.63) is 143 Å². The van der Waals surface area contributed by atoms with E-state index in [2.05, 4.69) is 143 Å². The number of hydrogen-bond acceptors (Lipinski definition) is 0. The molecule has 0 saturated carbocycles. The predicted molar refractivity (Wildman–Crippen MR) is 214 cm³/mol. The van der Waals surface area contributed by atoms with E-state index < -0.39 is 15.8 Å². The fourth-order valence-corrected chi connectivity index (χ4v) is 13.5. The summed E-state index contributed by atoms with van der Waals surface area (Å²) in [6.07, 6.45) is 22.0. The van der Waals surface area contributed by atoms with E-state index in [1.165, 1.54) is 51.4 Å². The molecule has 0 nitrogen and oxygen atoms in total. The fourth-order valence-electron chi connectivity index (χ4n) is 6.98. The second kappa shape index (κ2) is 18.7. The zero-order valence-electron chi connectivity index (χ0n) is 29.4. The van der Waals surface area contributed by atoms with Gasteiger partial charge in [0.25, 0.3) is 0 Å². The van der Waals surface area contributed by atoms with Crippen LogP contribution in [0.15, 0.2) is 121 Å². The Labute approximate surface area is 289 Å². The van der Waals surface area contributed by atoms with E-state index in [-0.39, 0.29) is 0 Å². The van der Waals surface area contributed by atoms with Crippen LogP contribution in [0.1, 0.15) is 101 Å². The van der Waals surface area contributed by atoms with Crippen LogP contribution in [0.4, 0.5) is 0 Å². The Kier molecular flexibility index (Phi) is 14.1. The van der Waals surface area contributed by atoms with Gasteiger partial charge in [-0.25, -0.2) is 0 Å². The van der Waals surface area contributed by atoms with Gasteiger partial charge in [-0.15, -0.1) is 0 Å². The third-order valence-electron chi connectivity index (χ3n) is 9.57. The van der Waals surface area contributed by atoms with Crippen molar-refractivity contribution < 1.29 is 0 Å². The molecule has 0 saturated heterocycles. The van der Waals surface area contributed by atoms with Gasteiger partial charge in [-0.2, -0.15) is 0 Å². The van der Waals surface area contributed by atoms with Crippen LogP contribution < -0.4 is 21.2 Å². The number of benzene rings is 4. The minimum absolute atomic E-state index is 0.375. The molecular formula is C45H56P2. The van der Waals surface area contributed by atoms with Crippen molar-refractivity contribution in [1.82, 2.24) is 0 Å². The lowest BCUT2D eigenvalue weighted by atomic mass is 10.1. The average Bonchev–Trinajstić information content (AvgIpc) is 3.59. The van der Waals surface area contributed by atoms with Crippen LogP contribution >= 0.6 is 15.8 Å². The molecule has 47 heavy (non-hydrogen) atoms. The first-order chi connectivity index (χ1) is 23.2. The van der Waals surface area contributed by atoms with Gasteiger partial charge >= 0.3 is 0 Å². The maximum atomic E-state index is 2.59. The molecule has 0 N–H and O–H groups in total. The van der Waals surface area contributed by atoms with Gasteiger partial charge in [-0.1, -0.05) is 169 Å². The van der Waals surface area contributed by atoms with E-state index >= 15 is 0 Å². The van der Waals surface area contributed by atoms with Crippen LogP contribution in [0.2, 0.25) is 0 Å². The lowest BCUT2D eigenvalue weighted by molar-refractivity contribution is 0.797.